The van der Waals surface area contributed by atoms with E-state index in [2.05, 4.69) is 12.6 Å². The van der Waals surface area contributed by atoms with Crippen LogP contribution in [0.5, 0.6) is 0 Å². The molecule has 1 aromatic carbocycles. The van der Waals surface area contributed by atoms with Gasteiger partial charge in [-0.25, -0.2) is 8.42 Å². The Morgan fingerprint density at radius 1 is 1.41 bits per heavy atom. The second-order valence-electron chi connectivity index (χ2n) is 3.68. The van der Waals surface area contributed by atoms with E-state index < -0.39 is 9.84 Å². The van der Waals surface area contributed by atoms with Gasteiger partial charge in [-0.2, -0.15) is 0 Å². The number of allylic oxidation sites excluding steroid dienone is 1. The lowest BCUT2D eigenvalue weighted by atomic mass is 10.2. The molecule has 0 atom stereocenters. The Hall–Kier alpha value is -1.07. The minimum absolute atomic E-state index is 0.153. The highest BCUT2D eigenvalue weighted by Gasteiger charge is 2.05. The van der Waals surface area contributed by atoms with Crippen LogP contribution in [-0.4, -0.2) is 19.8 Å². The molecule has 17 heavy (non-hydrogen) atoms. The van der Waals surface area contributed by atoms with Crippen LogP contribution in [0.4, 0.5) is 0 Å². The van der Waals surface area contributed by atoms with Crippen molar-refractivity contribution in [3.63, 3.8) is 0 Å². The summed E-state index contributed by atoms with van der Waals surface area (Å²) in [7, 11) is -3.17. The molecule has 0 spiro atoms. The molecule has 0 bridgehead atoms. The first-order valence-electron chi connectivity index (χ1n) is 5.08. The Morgan fingerprint density at radius 3 is 2.71 bits per heavy atom. The molecular weight excluding hydrogens is 256 g/mol. The zero-order valence-corrected chi connectivity index (χ0v) is 11.2. The zero-order valence-electron chi connectivity index (χ0n) is 9.46. The van der Waals surface area contributed by atoms with Crippen molar-refractivity contribution in [3.05, 3.63) is 35.9 Å². The molecule has 3 nitrogen and oxygen atoms in total. The van der Waals surface area contributed by atoms with Gasteiger partial charge in [0.05, 0.1) is 4.90 Å². The SMILES string of the molecule is CS(=O)(=O)c1cccc(/C=C/CCC(=O)S)c1. The third-order valence-corrected chi connectivity index (χ3v) is 3.46. The maximum atomic E-state index is 11.3. The van der Waals surface area contributed by atoms with Gasteiger partial charge >= 0.3 is 0 Å². The van der Waals surface area contributed by atoms with E-state index in [1.165, 1.54) is 6.26 Å². The lowest BCUT2D eigenvalue weighted by Crippen LogP contribution is -1.96. The Labute approximate surface area is 107 Å². The van der Waals surface area contributed by atoms with Crippen molar-refractivity contribution < 1.29 is 13.2 Å². The Bertz CT molecular complexity index is 530. The van der Waals surface area contributed by atoms with Gasteiger partial charge in [-0.1, -0.05) is 24.3 Å². The molecule has 0 amide bonds. The molecule has 0 aliphatic rings. The molecule has 0 unspecified atom stereocenters. The van der Waals surface area contributed by atoms with E-state index in [0.717, 1.165) is 5.56 Å². The van der Waals surface area contributed by atoms with Crippen LogP contribution >= 0.6 is 12.6 Å². The molecule has 0 aliphatic carbocycles. The van der Waals surface area contributed by atoms with E-state index >= 15 is 0 Å². The maximum Gasteiger partial charge on any atom is 0.186 e. The molecule has 0 N–H and O–H groups in total. The number of rotatable bonds is 5. The second-order valence-corrected chi connectivity index (χ2v) is 6.19. The van der Waals surface area contributed by atoms with Gasteiger partial charge in [0.1, 0.15) is 0 Å². The molecule has 0 aromatic heterocycles. The average Bonchev–Trinajstić information content (AvgIpc) is 2.23. The largest absolute Gasteiger partial charge is 0.287 e. The number of sulfone groups is 1. The molecule has 0 fully saturated rings. The summed E-state index contributed by atoms with van der Waals surface area (Å²) in [5.41, 5.74) is 0.805. The smallest absolute Gasteiger partial charge is 0.186 e. The lowest BCUT2D eigenvalue weighted by molar-refractivity contribution is -0.110. The highest BCUT2D eigenvalue weighted by Crippen LogP contribution is 2.13. The normalized spacial score (nSPS) is 11.9. The monoisotopic (exact) mass is 270 g/mol. The topological polar surface area (TPSA) is 51.2 Å². The van der Waals surface area contributed by atoms with Crippen LogP contribution < -0.4 is 0 Å². The van der Waals surface area contributed by atoms with Crippen LogP contribution in [0.1, 0.15) is 18.4 Å². The van der Waals surface area contributed by atoms with Gasteiger partial charge in [0.2, 0.25) is 0 Å². The van der Waals surface area contributed by atoms with Crippen LogP contribution in [0.25, 0.3) is 6.08 Å². The summed E-state index contributed by atoms with van der Waals surface area (Å²) >= 11 is 3.66. The fraction of sp³-hybridized carbons (Fsp3) is 0.250. The molecular formula is C12H14O3S2. The fourth-order valence-corrected chi connectivity index (χ4v) is 2.08. The first-order chi connectivity index (χ1) is 7.89. The first kappa shape index (κ1) is 14.0. The van der Waals surface area contributed by atoms with Crippen molar-refractivity contribution in [2.75, 3.05) is 6.26 Å². The van der Waals surface area contributed by atoms with E-state index in [0.29, 0.717) is 17.7 Å². The van der Waals surface area contributed by atoms with Crippen LogP contribution in [0.2, 0.25) is 0 Å². The second kappa shape index (κ2) is 6.02. The summed E-state index contributed by atoms with van der Waals surface area (Å²) in [4.78, 5) is 10.9. The lowest BCUT2D eigenvalue weighted by Gasteiger charge is -1.99. The van der Waals surface area contributed by atoms with Gasteiger partial charge in [-0.15, -0.1) is 12.6 Å². The summed E-state index contributed by atoms with van der Waals surface area (Å²) in [6.45, 7) is 0. The third kappa shape index (κ3) is 5.19. The summed E-state index contributed by atoms with van der Waals surface area (Å²) in [5.74, 6) is 0. The highest BCUT2D eigenvalue weighted by molar-refractivity contribution is 7.96. The molecule has 0 saturated carbocycles. The predicted octanol–water partition coefficient (Wildman–Crippen LogP) is 2.34. The minimum atomic E-state index is -3.17. The van der Waals surface area contributed by atoms with Gasteiger partial charge in [0, 0.05) is 12.7 Å². The van der Waals surface area contributed by atoms with Crippen LogP contribution in [0.3, 0.4) is 0 Å². The molecule has 0 saturated heterocycles. The summed E-state index contributed by atoms with van der Waals surface area (Å²) in [5, 5.41) is -0.153. The van der Waals surface area contributed by atoms with Crippen LogP contribution in [-0.2, 0) is 14.6 Å². The summed E-state index contributed by atoms with van der Waals surface area (Å²) in [6, 6.07) is 6.67. The number of benzene rings is 1. The highest BCUT2D eigenvalue weighted by atomic mass is 32.2. The molecule has 5 heteroatoms. The van der Waals surface area contributed by atoms with E-state index in [-0.39, 0.29) is 5.12 Å². The summed E-state index contributed by atoms with van der Waals surface area (Å²) < 4.78 is 22.7. The Kier molecular flexibility index (Phi) is 4.96. The van der Waals surface area contributed by atoms with Gasteiger partial charge in [0.25, 0.3) is 0 Å². The zero-order chi connectivity index (χ0) is 12.9. The molecule has 0 radical (unpaired) electrons. The average molecular weight is 270 g/mol. The summed E-state index contributed by atoms with van der Waals surface area (Å²) in [6.07, 6.45) is 5.78. The maximum absolute atomic E-state index is 11.3. The predicted molar refractivity (Wildman–Crippen MR) is 71.8 cm³/mol. The number of carbonyl (C=O) groups excluding carboxylic acids is 1. The van der Waals surface area contributed by atoms with E-state index in [1.54, 1.807) is 24.3 Å². The number of hydrogen-bond acceptors (Lipinski definition) is 3. The molecule has 1 aromatic rings. The number of thiol groups is 1. The van der Waals surface area contributed by atoms with Crippen molar-refractivity contribution in [3.8, 4) is 0 Å². The molecule has 92 valence electrons. The van der Waals surface area contributed by atoms with E-state index in [1.807, 2.05) is 12.1 Å². The molecule has 0 heterocycles. The Balaban J connectivity index is 2.76. The molecule has 1 rings (SSSR count). The van der Waals surface area contributed by atoms with Gasteiger partial charge in [-0.3, -0.25) is 4.79 Å². The van der Waals surface area contributed by atoms with Gasteiger partial charge in [-0.05, 0) is 24.1 Å². The first-order valence-corrected chi connectivity index (χ1v) is 7.42. The Morgan fingerprint density at radius 2 is 2.12 bits per heavy atom. The van der Waals surface area contributed by atoms with Crippen LogP contribution in [0, 0.1) is 0 Å². The molecule has 0 aliphatic heterocycles. The van der Waals surface area contributed by atoms with Crippen molar-refractivity contribution in [1.29, 1.82) is 0 Å². The van der Waals surface area contributed by atoms with Crippen molar-refractivity contribution in [2.45, 2.75) is 17.7 Å². The third-order valence-electron chi connectivity index (χ3n) is 2.12. The fourth-order valence-electron chi connectivity index (χ4n) is 1.28. The van der Waals surface area contributed by atoms with Crippen molar-refractivity contribution in [1.82, 2.24) is 0 Å². The quantitative estimate of drug-likeness (QED) is 0.836. The minimum Gasteiger partial charge on any atom is -0.287 e. The number of hydrogen-bond donors (Lipinski definition) is 1. The van der Waals surface area contributed by atoms with Gasteiger partial charge < -0.3 is 0 Å². The van der Waals surface area contributed by atoms with Crippen molar-refractivity contribution in [2.24, 2.45) is 0 Å². The number of carbonyl (C=O) groups is 1. The van der Waals surface area contributed by atoms with Crippen molar-refractivity contribution >= 4 is 33.7 Å². The van der Waals surface area contributed by atoms with E-state index in [9.17, 15) is 13.2 Å². The van der Waals surface area contributed by atoms with Gasteiger partial charge in [0.15, 0.2) is 15.0 Å². The van der Waals surface area contributed by atoms with E-state index in [4.69, 9.17) is 0 Å². The standard InChI is InChI=1S/C12H14O3S2/c1-17(14,15)11-7-4-6-10(9-11)5-2-3-8-12(13)16/h2,4-7,9H,3,8H2,1H3,(H,13,16)/b5-2+. The van der Waals surface area contributed by atoms with Crippen LogP contribution in [0.15, 0.2) is 35.2 Å².